The van der Waals surface area contributed by atoms with Crippen molar-refractivity contribution < 1.29 is 37.3 Å². The van der Waals surface area contributed by atoms with E-state index in [1.165, 1.54) is 33.1 Å². The van der Waals surface area contributed by atoms with Crippen LogP contribution in [0.2, 0.25) is 0 Å². The van der Waals surface area contributed by atoms with Gasteiger partial charge in [-0.05, 0) is 62.4 Å². The number of halogens is 3. The molecule has 9 heteroatoms. The lowest BCUT2D eigenvalue weighted by atomic mass is 10.1. The summed E-state index contributed by atoms with van der Waals surface area (Å²) >= 11 is 0. The fraction of sp³-hybridized carbons (Fsp3) is 0.250. The number of hydrogen-bond acceptors (Lipinski definition) is 5. The number of aromatic nitrogens is 1. The van der Waals surface area contributed by atoms with Crippen molar-refractivity contribution in [2.24, 2.45) is 0 Å². The van der Waals surface area contributed by atoms with E-state index >= 15 is 0 Å². The van der Waals surface area contributed by atoms with Crippen LogP contribution in [0.15, 0.2) is 60.7 Å². The Hall–Kier alpha value is -3.75. The van der Waals surface area contributed by atoms with Crippen LogP contribution in [0.4, 0.5) is 13.2 Å². The Balaban J connectivity index is 1.69. The van der Waals surface area contributed by atoms with Gasteiger partial charge in [0.2, 0.25) is 5.88 Å². The quantitative estimate of drug-likeness (QED) is 0.471. The minimum Gasteiger partial charge on any atom is -0.489 e. The summed E-state index contributed by atoms with van der Waals surface area (Å²) in [6.45, 7) is 3.03. The number of carboxylic acid groups (broad SMARTS) is 1. The van der Waals surface area contributed by atoms with E-state index < -0.39 is 23.3 Å². The summed E-state index contributed by atoms with van der Waals surface area (Å²) in [5.41, 5.74) is -0.469. The summed E-state index contributed by atoms with van der Waals surface area (Å²) in [5, 5.41) is 9.14. The van der Waals surface area contributed by atoms with Gasteiger partial charge in [-0.25, -0.2) is 9.78 Å². The number of aliphatic carboxylic acids is 1. The van der Waals surface area contributed by atoms with Crippen LogP contribution < -0.4 is 14.2 Å². The molecule has 0 amide bonds. The summed E-state index contributed by atoms with van der Waals surface area (Å²) < 4.78 is 54.8. The molecule has 0 unspecified atom stereocenters. The first-order valence-electron chi connectivity index (χ1n) is 9.86. The number of methoxy groups -OCH3 is 1. The Labute approximate surface area is 188 Å². The third kappa shape index (κ3) is 5.94. The summed E-state index contributed by atoms with van der Waals surface area (Å²) in [4.78, 5) is 15.5. The van der Waals surface area contributed by atoms with Gasteiger partial charge < -0.3 is 19.3 Å². The number of hydrogen-bond donors (Lipinski definition) is 1. The molecule has 0 aliphatic carbocycles. The van der Waals surface area contributed by atoms with E-state index in [4.69, 9.17) is 19.3 Å². The molecule has 1 heterocycles. The molecule has 3 rings (SSSR count). The Morgan fingerprint density at radius 3 is 2.09 bits per heavy atom. The predicted molar refractivity (Wildman–Crippen MR) is 114 cm³/mol. The van der Waals surface area contributed by atoms with E-state index in [1.54, 1.807) is 36.4 Å². The molecule has 0 saturated carbocycles. The molecule has 1 N–H and O–H groups in total. The number of rotatable bonds is 8. The first-order chi connectivity index (χ1) is 15.5. The molecule has 0 saturated heterocycles. The largest absolute Gasteiger partial charge is 0.489 e. The van der Waals surface area contributed by atoms with Crippen molar-refractivity contribution in [3.05, 3.63) is 71.8 Å². The van der Waals surface area contributed by atoms with Crippen LogP contribution in [0.3, 0.4) is 0 Å². The molecule has 2 aromatic carbocycles. The molecule has 0 bridgehead atoms. The van der Waals surface area contributed by atoms with Gasteiger partial charge in [0.25, 0.3) is 0 Å². The minimum absolute atomic E-state index is 0.129. The molecule has 1 aromatic heterocycles. The zero-order valence-corrected chi connectivity index (χ0v) is 18.1. The van der Waals surface area contributed by atoms with Crippen molar-refractivity contribution in [1.29, 1.82) is 0 Å². The Bertz CT molecular complexity index is 1110. The second kappa shape index (κ2) is 9.40. The van der Waals surface area contributed by atoms with E-state index in [-0.39, 0.29) is 12.5 Å². The van der Waals surface area contributed by atoms with Crippen LogP contribution >= 0.6 is 0 Å². The molecule has 174 valence electrons. The zero-order valence-electron chi connectivity index (χ0n) is 18.1. The average Bonchev–Trinajstić information content (AvgIpc) is 2.77. The SMILES string of the molecule is COc1nc(-c2ccc(C(F)(F)F)cc2)ccc1COc1ccc(OC(C)(C)C(=O)O)cc1. The second-order valence-corrected chi connectivity index (χ2v) is 7.62. The first kappa shape index (κ1) is 23.9. The lowest BCUT2D eigenvalue weighted by Gasteiger charge is -2.21. The zero-order chi connectivity index (χ0) is 24.2. The molecular weight excluding hydrogens is 439 g/mol. The minimum atomic E-state index is -4.40. The maximum Gasteiger partial charge on any atom is 0.416 e. The van der Waals surface area contributed by atoms with Crippen LogP contribution in [-0.4, -0.2) is 28.8 Å². The number of carboxylic acids is 1. The van der Waals surface area contributed by atoms with Crippen molar-refractivity contribution >= 4 is 5.97 Å². The molecule has 0 aliphatic rings. The Morgan fingerprint density at radius 2 is 1.55 bits per heavy atom. The summed E-state index contributed by atoms with van der Waals surface area (Å²) in [6.07, 6.45) is -4.40. The molecule has 0 aliphatic heterocycles. The third-order valence-corrected chi connectivity index (χ3v) is 4.75. The van der Waals surface area contributed by atoms with Gasteiger partial charge in [-0.1, -0.05) is 12.1 Å². The molecule has 0 fully saturated rings. The molecule has 3 aromatic rings. The first-order valence-corrected chi connectivity index (χ1v) is 9.86. The van der Waals surface area contributed by atoms with Crippen molar-refractivity contribution in [2.75, 3.05) is 7.11 Å². The summed E-state index contributed by atoms with van der Waals surface area (Å²) in [5.74, 6) is 0.108. The Kier molecular flexibility index (Phi) is 6.81. The summed E-state index contributed by atoms with van der Waals surface area (Å²) in [6, 6.07) is 14.6. The van der Waals surface area contributed by atoms with Crippen molar-refractivity contribution in [2.45, 2.75) is 32.2 Å². The maximum absolute atomic E-state index is 12.8. The maximum atomic E-state index is 12.8. The van der Waals surface area contributed by atoms with Gasteiger partial charge in [-0.15, -0.1) is 0 Å². The van der Waals surface area contributed by atoms with Crippen LogP contribution in [0.1, 0.15) is 25.0 Å². The van der Waals surface area contributed by atoms with Crippen molar-refractivity contribution in [3.63, 3.8) is 0 Å². The van der Waals surface area contributed by atoms with E-state index in [9.17, 15) is 18.0 Å². The normalized spacial score (nSPS) is 11.7. The van der Waals surface area contributed by atoms with Crippen LogP contribution in [0.5, 0.6) is 17.4 Å². The van der Waals surface area contributed by atoms with Gasteiger partial charge >= 0.3 is 12.1 Å². The monoisotopic (exact) mass is 461 g/mol. The van der Waals surface area contributed by atoms with Gasteiger partial charge in [0.1, 0.15) is 18.1 Å². The van der Waals surface area contributed by atoms with Crippen LogP contribution in [-0.2, 0) is 17.6 Å². The lowest BCUT2D eigenvalue weighted by molar-refractivity contribution is -0.152. The number of carbonyl (C=O) groups is 1. The van der Waals surface area contributed by atoms with Gasteiger partial charge in [0.05, 0.1) is 23.9 Å². The molecule has 6 nitrogen and oxygen atoms in total. The Morgan fingerprint density at radius 1 is 0.939 bits per heavy atom. The second-order valence-electron chi connectivity index (χ2n) is 7.62. The third-order valence-electron chi connectivity index (χ3n) is 4.75. The van der Waals surface area contributed by atoms with E-state index in [0.29, 0.717) is 28.3 Å². The van der Waals surface area contributed by atoms with Gasteiger partial charge in [-0.3, -0.25) is 0 Å². The van der Waals surface area contributed by atoms with Gasteiger partial charge in [0.15, 0.2) is 5.60 Å². The fourth-order valence-electron chi connectivity index (χ4n) is 2.85. The van der Waals surface area contributed by atoms with E-state index in [1.807, 2.05) is 0 Å². The van der Waals surface area contributed by atoms with Crippen LogP contribution in [0, 0.1) is 0 Å². The van der Waals surface area contributed by atoms with Crippen molar-refractivity contribution in [1.82, 2.24) is 4.98 Å². The summed E-state index contributed by atoms with van der Waals surface area (Å²) in [7, 11) is 1.44. The smallest absolute Gasteiger partial charge is 0.416 e. The molecule has 0 radical (unpaired) electrons. The molecule has 0 spiro atoms. The number of alkyl halides is 3. The highest BCUT2D eigenvalue weighted by Crippen LogP contribution is 2.31. The number of benzene rings is 2. The van der Waals surface area contributed by atoms with E-state index in [0.717, 1.165) is 12.1 Å². The van der Waals surface area contributed by atoms with Crippen LogP contribution in [0.25, 0.3) is 11.3 Å². The van der Waals surface area contributed by atoms with Crippen molar-refractivity contribution in [3.8, 4) is 28.6 Å². The average molecular weight is 461 g/mol. The number of pyridine rings is 1. The number of nitrogens with zero attached hydrogens (tertiary/aromatic N) is 1. The fourth-order valence-corrected chi connectivity index (χ4v) is 2.85. The molecular formula is C24H22F3NO5. The standard InChI is InChI=1S/C24H22F3NO5/c1-23(2,22(29)30)33-19-11-9-18(10-12-19)32-14-16-6-13-20(28-21(16)31-3)15-4-7-17(8-5-15)24(25,26)27/h4-13H,14H2,1-3H3,(H,29,30). The highest BCUT2D eigenvalue weighted by Gasteiger charge is 2.30. The molecule has 33 heavy (non-hydrogen) atoms. The number of ether oxygens (including phenoxy) is 3. The highest BCUT2D eigenvalue weighted by molar-refractivity contribution is 5.76. The predicted octanol–water partition coefficient (Wildman–Crippen LogP) is 5.60. The lowest BCUT2D eigenvalue weighted by Crippen LogP contribution is -2.37. The topological polar surface area (TPSA) is 77.9 Å². The molecule has 0 atom stereocenters. The van der Waals surface area contributed by atoms with Gasteiger partial charge in [-0.2, -0.15) is 13.2 Å². The van der Waals surface area contributed by atoms with Gasteiger partial charge in [0, 0.05) is 5.56 Å². The highest BCUT2D eigenvalue weighted by atomic mass is 19.4. The van der Waals surface area contributed by atoms with E-state index in [2.05, 4.69) is 4.98 Å².